The smallest absolute Gasteiger partial charge is 0.161 e. The third-order valence-electron chi connectivity index (χ3n) is 3.23. The van der Waals surface area contributed by atoms with Crippen molar-refractivity contribution in [1.29, 1.82) is 0 Å². The Labute approximate surface area is 161 Å². The number of rotatable bonds is 5. The number of carbonyl (C=O) groups is 5. The van der Waals surface area contributed by atoms with E-state index in [1.54, 1.807) is 0 Å². The summed E-state index contributed by atoms with van der Waals surface area (Å²) in [5, 5.41) is 0. The second kappa shape index (κ2) is 8.15. The maximum Gasteiger partial charge on any atom is 0.161 e. The Bertz CT molecular complexity index is 696. The van der Waals surface area contributed by atoms with Gasteiger partial charge in [0.25, 0.3) is 0 Å². The molecule has 0 bridgehead atoms. The Kier molecular flexibility index (Phi) is 7.76. The van der Waals surface area contributed by atoms with E-state index >= 15 is 0 Å². The minimum absolute atomic E-state index is 0. The first kappa shape index (κ1) is 21.9. The monoisotopic (exact) mass is 343 g/mol. The summed E-state index contributed by atoms with van der Waals surface area (Å²) in [5.74, 6) is -2.65. The van der Waals surface area contributed by atoms with Gasteiger partial charge in [0.15, 0.2) is 28.9 Å². The van der Waals surface area contributed by atoms with Crippen LogP contribution >= 0.6 is 12.6 Å². The van der Waals surface area contributed by atoms with E-state index in [-0.39, 0.29) is 62.3 Å². The number of thiol groups is 1. The summed E-state index contributed by atoms with van der Waals surface area (Å²) >= 11 is 4.18. The molecule has 1 radical (unpaired) electrons. The van der Waals surface area contributed by atoms with E-state index in [9.17, 15) is 24.0 Å². The molecule has 0 amide bonds. The zero-order valence-corrected chi connectivity index (χ0v) is 16.9. The Morgan fingerprint density at radius 2 is 0.696 bits per heavy atom. The van der Waals surface area contributed by atoms with Crippen molar-refractivity contribution >= 4 is 71.1 Å². The van der Waals surface area contributed by atoms with Crippen LogP contribution in [0.25, 0.3) is 0 Å². The van der Waals surface area contributed by atoms with E-state index < -0.39 is 28.9 Å². The molecule has 5 nitrogen and oxygen atoms in total. The van der Waals surface area contributed by atoms with Gasteiger partial charge in [-0.05, 0) is 34.6 Å². The summed E-state index contributed by atoms with van der Waals surface area (Å²) in [4.78, 5) is 59.7. The van der Waals surface area contributed by atoms with Crippen molar-refractivity contribution in [2.24, 2.45) is 0 Å². The minimum atomic E-state index is -0.561. The number of Topliss-reactive ketones (excluding diaryl/α,β-unsaturated/α-hetero) is 5. The standard InChI is InChI=1S/C16H16O5S.Na/c1-6(17)11-12(7(2)18)14(9(4)20)16(22)15(10(5)21)13(11)8(3)19;/h22H,1-5H3;. The molecule has 0 aliphatic rings. The molecule has 1 rings (SSSR count). The van der Waals surface area contributed by atoms with Crippen LogP contribution in [0.1, 0.15) is 86.4 Å². The number of hydrogen-bond donors (Lipinski definition) is 1. The summed E-state index contributed by atoms with van der Waals surface area (Å²) < 4.78 is 0. The molecule has 0 aliphatic heterocycles. The summed E-state index contributed by atoms with van der Waals surface area (Å²) in [5.41, 5.74) is -0.693. The molecular formula is C16H16NaO5S. The average molecular weight is 343 g/mol. The largest absolute Gasteiger partial charge is 0.294 e. The van der Waals surface area contributed by atoms with Crippen molar-refractivity contribution < 1.29 is 24.0 Å². The SMILES string of the molecule is CC(=O)c1c(S)c(C(C)=O)c(C(C)=O)c(C(C)=O)c1C(C)=O.[Na]. The first-order chi connectivity index (χ1) is 10.0. The second-order valence-corrected chi connectivity index (χ2v) is 5.45. The van der Waals surface area contributed by atoms with E-state index in [1.165, 1.54) is 34.6 Å². The van der Waals surface area contributed by atoms with Gasteiger partial charge in [-0.3, -0.25) is 24.0 Å². The molecule has 0 spiro atoms. The summed E-state index contributed by atoms with van der Waals surface area (Å²) in [7, 11) is 0. The molecule has 1 aromatic rings. The van der Waals surface area contributed by atoms with Gasteiger partial charge in [0.05, 0.1) is 0 Å². The molecule has 0 fully saturated rings. The third-order valence-corrected chi connectivity index (χ3v) is 3.68. The van der Waals surface area contributed by atoms with Crippen LogP contribution in [-0.2, 0) is 0 Å². The van der Waals surface area contributed by atoms with Crippen LogP contribution in [-0.4, -0.2) is 58.5 Å². The number of hydrogen-bond acceptors (Lipinski definition) is 6. The van der Waals surface area contributed by atoms with Gasteiger partial charge in [-0.1, -0.05) is 0 Å². The third kappa shape index (κ3) is 4.07. The van der Waals surface area contributed by atoms with Gasteiger partial charge >= 0.3 is 0 Å². The van der Waals surface area contributed by atoms with Crippen LogP contribution in [0, 0.1) is 0 Å². The van der Waals surface area contributed by atoms with Gasteiger partial charge in [0.1, 0.15) is 0 Å². The molecule has 0 N–H and O–H groups in total. The number of ketones is 5. The molecule has 0 saturated carbocycles. The van der Waals surface area contributed by atoms with Crippen molar-refractivity contribution in [3.05, 3.63) is 27.8 Å². The van der Waals surface area contributed by atoms with Gasteiger partial charge < -0.3 is 0 Å². The van der Waals surface area contributed by atoms with E-state index in [0.717, 1.165) is 0 Å². The fraction of sp³-hybridized carbons (Fsp3) is 0.312. The fourth-order valence-electron chi connectivity index (χ4n) is 2.48. The maximum absolute atomic E-state index is 12.0. The Morgan fingerprint density at radius 1 is 0.522 bits per heavy atom. The van der Waals surface area contributed by atoms with Crippen LogP contribution in [0.3, 0.4) is 0 Å². The molecule has 0 aliphatic carbocycles. The first-order valence-electron chi connectivity index (χ1n) is 6.49. The predicted molar refractivity (Wildman–Crippen MR) is 89.5 cm³/mol. The zero-order valence-electron chi connectivity index (χ0n) is 14.0. The molecule has 0 aromatic heterocycles. The Hall–Kier alpha value is -1.08. The van der Waals surface area contributed by atoms with E-state index in [0.29, 0.717) is 0 Å². The van der Waals surface area contributed by atoms with E-state index in [1.807, 2.05) is 0 Å². The molecule has 0 saturated heterocycles. The zero-order chi connectivity index (χ0) is 17.4. The van der Waals surface area contributed by atoms with Crippen molar-refractivity contribution in [2.75, 3.05) is 0 Å². The second-order valence-electron chi connectivity index (χ2n) is 5.00. The van der Waals surface area contributed by atoms with Crippen molar-refractivity contribution in [1.82, 2.24) is 0 Å². The summed E-state index contributed by atoms with van der Waals surface area (Å²) in [6.45, 7) is 5.99. The normalized spacial score (nSPS) is 9.83. The number of benzene rings is 1. The topological polar surface area (TPSA) is 85.3 Å². The van der Waals surface area contributed by atoms with Gasteiger partial charge in [-0.2, -0.15) is 0 Å². The number of carbonyl (C=O) groups excluding carboxylic acids is 5. The first-order valence-corrected chi connectivity index (χ1v) is 6.94. The Morgan fingerprint density at radius 3 is 0.870 bits per heavy atom. The minimum Gasteiger partial charge on any atom is -0.294 e. The molecule has 23 heavy (non-hydrogen) atoms. The van der Waals surface area contributed by atoms with Crippen molar-refractivity contribution in [2.45, 2.75) is 39.5 Å². The van der Waals surface area contributed by atoms with Gasteiger partial charge in [0.2, 0.25) is 0 Å². The van der Waals surface area contributed by atoms with Crippen LogP contribution < -0.4 is 0 Å². The maximum atomic E-state index is 12.0. The van der Waals surface area contributed by atoms with E-state index in [4.69, 9.17) is 0 Å². The predicted octanol–water partition coefficient (Wildman–Crippen LogP) is 2.61. The molecule has 0 atom stereocenters. The molecule has 0 unspecified atom stereocenters. The van der Waals surface area contributed by atoms with Crippen LogP contribution in [0.5, 0.6) is 0 Å². The molecule has 117 valence electrons. The van der Waals surface area contributed by atoms with Gasteiger partial charge in [-0.15, -0.1) is 12.6 Å². The molecular weight excluding hydrogens is 327 g/mol. The molecule has 1 aromatic carbocycles. The van der Waals surface area contributed by atoms with E-state index in [2.05, 4.69) is 12.6 Å². The van der Waals surface area contributed by atoms with Crippen LogP contribution in [0.15, 0.2) is 4.90 Å². The quantitative estimate of drug-likeness (QED) is 0.505. The van der Waals surface area contributed by atoms with Crippen molar-refractivity contribution in [3.63, 3.8) is 0 Å². The average Bonchev–Trinajstić information content (AvgIpc) is 2.34. The summed E-state index contributed by atoms with van der Waals surface area (Å²) in [6.07, 6.45) is 0. The van der Waals surface area contributed by atoms with Crippen LogP contribution in [0.4, 0.5) is 0 Å². The molecule has 7 heteroatoms. The Balaban J connectivity index is 0.00000484. The van der Waals surface area contributed by atoms with Crippen molar-refractivity contribution in [3.8, 4) is 0 Å². The van der Waals surface area contributed by atoms with Gasteiger partial charge in [-0.25, -0.2) is 0 Å². The van der Waals surface area contributed by atoms with Gasteiger partial charge in [0, 0.05) is 62.3 Å². The fourth-order valence-corrected chi connectivity index (χ4v) is 3.02. The molecule has 0 heterocycles. The van der Waals surface area contributed by atoms with Crippen LogP contribution in [0.2, 0.25) is 0 Å². The summed E-state index contributed by atoms with van der Waals surface area (Å²) in [6, 6.07) is 0.